The zero-order valence-corrected chi connectivity index (χ0v) is 10.6. The van der Waals surface area contributed by atoms with Crippen molar-refractivity contribution < 1.29 is 4.79 Å². The van der Waals surface area contributed by atoms with Crippen LogP contribution < -0.4 is 5.32 Å². The van der Waals surface area contributed by atoms with Gasteiger partial charge >= 0.3 is 0 Å². The molecule has 0 fully saturated rings. The van der Waals surface area contributed by atoms with Crippen molar-refractivity contribution in [3.63, 3.8) is 0 Å². The average molecular weight is 257 g/mol. The summed E-state index contributed by atoms with van der Waals surface area (Å²) in [6, 6.07) is 7.57. The van der Waals surface area contributed by atoms with Crippen LogP contribution in [0.25, 0.3) is 5.65 Å². The fraction of sp³-hybridized carbons (Fsp3) is 0.0769. The van der Waals surface area contributed by atoms with Gasteiger partial charge in [-0.15, -0.1) is 11.3 Å². The van der Waals surface area contributed by atoms with Crippen molar-refractivity contribution >= 4 is 28.7 Å². The number of carbonyl (C=O) groups is 1. The quantitative estimate of drug-likeness (QED) is 0.767. The van der Waals surface area contributed by atoms with Crippen molar-refractivity contribution in [3.8, 4) is 0 Å². The number of rotatable bonds is 2. The zero-order valence-electron chi connectivity index (χ0n) is 9.75. The molecule has 4 nitrogen and oxygen atoms in total. The molecule has 0 aliphatic heterocycles. The molecule has 1 N–H and O–H groups in total. The number of anilines is 1. The minimum absolute atomic E-state index is 0.0799. The van der Waals surface area contributed by atoms with Gasteiger partial charge in [-0.2, -0.15) is 0 Å². The van der Waals surface area contributed by atoms with E-state index in [9.17, 15) is 4.79 Å². The standard InChI is InChI=1S/C13H11N3OS/c1-9-5-8-18-12(9)13(17)15-11-4-2-3-10-14-6-7-16(10)11/h2-8H,1H3,(H,15,17). The van der Waals surface area contributed by atoms with Crippen LogP contribution >= 0.6 is 11.3 Å². The Bertz CT molecular complexity index is 714. The Morgan fingerprint density at radius 1 is 1.39 bits per heavy atom. The summed E-state index contributed by atoms with van der Waals surface area (Å²) in [6.07, 6.45) is 3.54. The summed E-state index contributed by atoms with van der Waals surface area (Å²) in [5, 5.41) is 4.83. The molecule has 0 saturated carbocycles. The van der Waals surface area contributed by atoms with Crippen LogP contribution in [0.5, 0.6) is 0 Å². The van der Waals surface area contributed by atoms with E-state index >= 15 is 0 Å². The Morgan fingerprint density at radius 3 is 3.06 bits per heavy atom. The Labute approximate surface area is 108 Å². The van der Waals surface area contributed by atoms with Gasteiger partial charge in [-0.1, -0.05) is 6.07 Å². The molecule has 0 saturated heterocycles. The maximum atomic E-state index is 12.1. The number of hydrogen-bond donors (Lipinski definition) is 1. The van der Waals surface area contributed by atoms with Crippen molar-refractivity contribution in [2.45, 2.75) is 6.92 Å². The van der Waals surface area contributed by atoms with Crippen LogP contribution in [0.4, 0.5) is 5.82 Å². The van der Waals surface area contributed by atoms with Gasteiger partial charge in [-0.05, 0) is 36.1 Å². The van der Waals surface area contributed by atoms with Gasteiger partial charge < -0.3 is 5.32 Å². The SMILES string of the molecule is Cc1ccsc1C(=O)Nc1cccc2nccn12. The monoisotopic (exact) mass is 257 g/mol. The summed E-state index contributed by atoms with van der Waals surface area (Å²) >= 11 is 1.45. The highest BCUT2D eigenvalue weighted by Gasteiger charge is 2.11. The number of nitrogens with one attached hydrogen (secondary N) is 1. The second-order valence-electron chi connectivity index (χ2n) is 3.95. The highest BCUT2D eigenvalue weighted by atomic mass is 32.1. The van der Waals surface area contributed by atoms with Crippen LogP contribution in [0.2, 0.25) is 0 Å². The fourth-order valence-electron chi connectivity index (χ4n) is 1.83. The number of fused-ring (bicyclic) bond motifs is 1. The normalized spacial score (nSPS) is 10.7. The van der Waals surface area contributed by atoms with Crippen LogP contribution in [-0.4, -0.2) is 15.3 Å². The van der Waals surface area contributed by atoms with Crippen LogP contribution in [0, 0.1) is 6.92 Å². The second-order valence-corrected chi connectivity index (χ2v) is 4.87. The molecule has 1 amide bonds. The van der Waals surface area contributed by atoms with Crippen LogP contribution in [-0.2, 0) is 0 Å². The van der Waals surface area contributed by atoms with Crippen molar-refractivity contribution in [3.05, 3.63) is 52.5 Å². The average Bonchev–Trinajstić information content (AvgIpc) is 2.97. The van der Waals surface area contributed by atoms with E-state index < -0.39 is 0 Å². The third-order valence-corrected chi connectivity index (χ3v) is 3.75. The van der Waals surface area contributed by atoms with Crippen molar-refractivity contribution in [2.24, 2.45) is 0 Å². The number of aromatic nitrogens is 2. The number of aryl methyl sites for hydroxylation is 1. The Morgan fingerprint density at radius 2 is 2.28 bits per heavy atom. The number of amides is 1. The Balaban J connectivity index is 1.95. The molecule has 18 heavy (non-hydrogen) atoms. The number of thiophene rings is 1. The van der Waals surface area contributed by atoms with E-state index in [1.807, 2.05) is 47.2 Å². The lowest BCUT2D eigenvalue weighted by molar-refractivity contribution is 0.102. The predicted molar refractivity (Wildman–Crippen MR) is 72.2 cm³/mol. The highest BCUT2D eigenvalue weighted by molar-refractivity contribution is 7.12. The van der Waals surface area contributed by atoms with Gasteiger partial charge in [0.05, 0.1) is 4.88 Å². The van der Waals surface area contributed by atoms with Gasteiger partial charge in [0.2, 0.25) is 0 Å². The van der Waals surface area contributed by atoms with E-state index in [1.165, 1.54) is 11.3 Å². The summed E-state index contributed by atoms with van der Waals surface area (Å²) in [7, 11) is 0. The molecular formula is C13H11N3OS. The van der Waals surface area contributed by atoms with Crippen LogP contribution in [0.15, 0.2) is 42.0 Å². The number of nitrogens with zero attached hydrogens (tertiary/aromatic N) is 2. The van der Waals surface area contributed by atoms with Crippen molar-refractivity contribution in [1.82, 2.24) is 9.38 Å². The summed E-state index contributed by atoms with van der Waals surface area (Å²) in [6.45, 7) is 1.93. The lowest BCUT2D eigenvalue weighted by atomic mass is 10.3. The van der Waals surface area contributed by atoms with Crippen molar-refractivity contribution in [2.75, 3.05) is 5.32 Å². The van der Waals surface area contributed by atoms with Crippen molar-refractivity contribution in [1.29, 1.82) is 0 Å². The topological polar surface area (TPSA) is 46.4 Å². The third kappa shape index (κ3) is 1.78. The number of imidazole rings is 1. The molecule has 5 heteroatoms. The van der Waals surface area contributed by atoms with Crippen LogP contribution in [0.1, 0.15) is 15.2 Å². The molecule has 0 unspecified atom stereocenters. The first kappa shape index (κ1) is 11.0. The van der Waals surface area contributed by atoms with E-state index in [4.69, 9.17) is 0 Å². The minimum Gasteiger partial charge on any atom is -0.307 e. The lowest BCUT2D eigenvalue weighted by Gasteiger charge is -2.07. The third-order valence-electron chi connectivity index (χ3n) is 2.74. The molecular weight excluding hydrogens is 246 g/mol. The molecule has 0 aromatic carbocycles. The molecule has 3 aromatic heterocycles. The first-order valence-electron chi connectivity index (χ1n) is 5.53. The van der Waals surface area contributed by atoms with Gasteiger partial charge in [-0.25, -0.2) is 4.98 Å². The van der Waals surface area contributed by atoms with Gasteiger partial charge in [0.15, 0.2) is 0 Å². The Hall–Kier alpha value is -2.14. The maximum Gasteiger partial charge on any atom is 0.267 e. The molecule has 0 spiro atoms. The summed E-state index contributed by atoms with van der Waals surface area (Å²) in [5.74, 6) is 0.645. The zero-order chi connectivity index (χ0) is 12.5. The van der Waals surface area contributed by atoms with Gasteiger partial charge in [0, 0.05) is 12.4 Å². The molecule has 0 aliphatic carbocycles. The lowest BCUT2D eigenvalue weighted by Crippen LogP contribution is -2.13. The summed E-state index contributed by atoms with van der Waals surface area (Å²) < 4.78 is 1.85. The van der Waals surface area contributed by atoms with Gasteiger partial charge in [0.1, 0.15) is 11.5 Å². The second kappa shape index (κ2) is 4.27. The first-order valence-corrected chi connectivity index (χ1v) is 6.41. The number of hydrogen-bond acceptors (Lipinski definition) is 3. The Kier molecular flexibility index (Phi) is 2.60. The molecule has 0 aliphatic rings. The molecule has 0 atom stereocenters. The molecule has 0 radical (unpaired) electrons. The van der Waals surface area contributed by atoms with E-state index in [0.29, 0.717) is 0 Å². The summed E-state index contributed by atoms with van der Waals surface area (Å²) in [4.78, 5) is 17.1. The first-order chi connectivity index (χ1) is 8.75. The molecule has 0 bridgehead atoms. The van der Waals surface area contributed by atoms with E-state index in [1.54, 1.807) is 6.20 Å². The highest BCUT2D eigenvalue weighted by Crippen LogP contribution is 2.18. The molecule has 3 heterocycles. The summed E-state index contributed by atoms with van der Waals surface area (Å²) in [5.41, 5.74) is 1.81. The van der Waals surface area contributed by atoms with Crippen LogP contribution in [0.3, 0.4) is 0 Å². The number of carbonyl (C=O) groups excluding carboxylic acids is 1. The van der Waals surface area contributed by atoms with Gasteiger partial charge in [-0.3, -0.25) is 9.20 Å². The molecule has 90 valence electrons. The molecule has 3 rings (SSSR count). The fourth-order valence-corrected chi connectivity index (χ4v) is 2.65. The van der Waals surface area contributed by atoms with Gasteiger partial charge in [0.25, 0.3) is 5.91 Å². The number of pyridine rings is 1. The minimum atomic E-state index is -0.0799. The largest absolute Gasteiger partial charge is 0.307 e. The van der Waals surface area contributed by atoms with E-state index in [0.717, 1.165) is 21.9 Å². The predicted octanol–water partition coefficient (Wildman–Crippen LogP) is 2.96. The smallest absolute Gasteiger partial charge is 0.267 e. The maximum absolute atomic E-state index is 12.1. The van der Waals surface area contributed by atoms with E-state index in [2.05, 4.69) is 10.3 Å². The molecule has 3 aromatic rings. The van der Waals surface area contributed by atoms with E-state index in [-0.39, 0.29) is 5.91 Å².